The molecule has 0 aliphatic heterocycles. The summed E-state index contributed by atoms with van der Waals surface area (Å²) in [6.45, 7) is 2.74. The smallest absolute Gasteiger partial charge is 0.378 e. The fourth-order valence-corrected chi connectivity index (χ4v) is 1.28. The van der Waals surface area contributed by atoms with Crippen LogP contribution in [0.3, 0.4) is 0 Å². The average Bonchev–Trinajstić information content (AvgIpc) is 2.30. The lowest BCUT2D eigenvalue weighted by atomic mass is 10.3. The van der Waals surface area contributed by atoms with Crippen LogP contribution in [0.25, 0.3) is 0 Å². The molecule has 92 valence electrons. The third kappa shape index (κ3) is 4.06. The molecule has 0 spiro atoms. The summed E-state index contributed by atoms with van der Waals surface area (Å²) in [4.78, 5) is 24.9. The van der Waals surface area contributed by atoms with Crippen LogP contribution in [0, 0.1) is 10.1 Å². The Kier molecular flexibility index (Phi) is 4.86. The lowest BCUT2D eigenvalue weighted by molar-refractivity contribution is -0.388. The normalized spacial score (nSPS) is 9.71. The number of carbonyl (C=O) groups is 1. The monoisotopic (exact) mass is 238 g/mol. The highest BCUT2D eigenvalue weighted by Crippen LogP contribution is 2.19. The van der Waals surface area contributed by atoms with E-state index in [0.29, 0.717) is 18.8 Å². The van der Waals surface area contributed by atoms with Gasteiger partial charge >= 0.3 is 5.82 Å². The van der Waals surface area contributed by atoms with E-state index in [9.17, 15) is 14.9 Å². The molecule has 0 fully saturated rings. The second-order valence-corrected chi connectivity index (χ2v) is 3.26. The van der Waals surface area contributed by atoms with Gasteiger partial charge in [-0.05, 0) is 29.0 Å². The van der Waals surface area contributed by atoms with Crippen LogP contribution in [-0.2, 0) is 4.79 Å². The molecule has 0 radical (unpaired) electrons. The molecule has 0 aliphatic rings. The summed E-state index contributed by atoms with van der Waals surface area (Å²) >= 11 is 0. The minimum absolute atomic E-state index is 0.0912. The van der Waals surface area contributed by atoms with Crippen LogP contribution in [0.5, 0.6) is 0 Å². The number of hydrogen-bond donors (Lipinski definition) is 2. The SMILES string of the molecule is CCNC(=O)CCNc1cccnc1[N+](=O)[O-]. The van der Waals surface area contributed by atoms with E-state index in [4.69, 9.17) is 0 Å². The zero-order valence-corrected chi connectivity index (χ0v) is 9.47. The van der Waals surface area contributed by atoms with Crippen molar-refractivity contribution in [3.8, 4) is 0 Å². The number of anilines is 1. The van der Waals surface area contributed by atoms with Crippen molar-refractivity contribution in [3.63, 3.8) is 0 Å². The van der Waals surface area contributed by atoms with Crippen LogP contribution in [0.4, 0.5) is 11.5 Å². The van der Waals surface area contributed by atoms with Gasteiger partial charge in [0.1, 0.15) is 11.9 Å². The first-order valence-electron chi connectivity index (χ1n) is 5.25. The van der Waals surface area contributed by atoms with Crippen LogP contribution in [0.2, 0.25) is 0 Å². The maximum atomic E-state index is 11.2. The number of pyridine rings is 1. The number of hydrogen-bond acceptors (Lipinski definition) is 5. The van der Waals surface area contributed by atoms with Crippen LogP contribution in [-0.4, -0.2) is 28.9 Å². The fourth-order valence-electron chi connectivity index (χ4n) is 1.28. The molecule has 0 atom stereocenters. The van der Waals surface area contributed by atoms with Gasteiger partial charge in [0.15, 0.2) is 0 Å². The Hall–Kier alpha value is -2.18. The van der Waals surface area contributed by atoms with E-state index in [1.54, 1.807) is 12.1 Å². The predicted octanol–water partition coefficient (Wildman–Crippen LogP) is 0.928. The van der Waals surface area contributed by atoms with Gasteiger partial charge < -0.3 is 20.7 Å². The second kappa shape index (κ2) is 6.41. The number of amides is 1. The Morgan fingerprint density at radius 1 is 1.59 bits per heavy atom. The molecule has 0 aromatic carbocycles. The third-order valence-corrected chi connectivity index (χ3v) is 2.00. The third-order valence-electron chi connectivity index (χ3n) is 2.00. The summed E-state index contributed by atoms with van der Waals surface area (Å²) in [5.74, 6) is -0.324. The summed E-state index contributed by atoms with van der Waals surface area (Å²) in [7, 11) is 0. The van der Waals surface area contributed by atoms with Crippen molar-refractivity contribution in [1.82, 2.24) is 10.3 Å². The predicted molar refractivity (Wildman–Crippen MR) is 62.7 cm³/mol. The fraction of sp³-hybridized carbons (Fsp3) is 0.400. The molecule has 2 N–H and O–H groups in total. The van der Waals surface area contributed by atoms with Gasteiger partial charge in [0.2, 0.25) is 5.91 Å². The maximum absolute atomic E-state index is 11.2. The summed E-state index contributed by atoms with van der Waals surface area (Å²) in [6, 6.07) is 3.16. The molecule has 1 rings (SSSR count). The quantitative estimate of drug-likeness (QED) is 0.567. The van der Waals surface area contributed by atoms with Gasteiger partial charge in [0, 0.05) is 19.5 Å². The first-order chi connectivity index (χ1) is 8.15. The topological polar surface area (TPSA) is 97.2 Å². The van der Waals surface area contributed by atoms with Gasteiger partial charge in [-0.2, -0.15) is 0 Å². The van der Waals surface area contributed by atoms with E-state index < -0.39 is 4.92 Å². The molecular formula is C10H14N4O3. The van der Waals surface area contributed by atoms with Crippen molar-refractivity contribution in [2.45, 2.75) is 13.3 Å². The number of nitrogens with one attached hydrogen (secondary N) is 2. The van der Waals surface area contributed by atoms with Crippen LogP contribution >= 0.6 is 0 Å². The summed E-state index contributed by atoms with van der Waals surface area (Å²) in [5.41, 5.74) is 0.321. The Labute approximate surface area is 98.4 Å². The van der Waals surface area contributed by atoms with Gasteiger partial charge in [0.25, 0.3) is 0 Å². The zero-order valence-electron chi connectivity index (χ0n) is 9.47. The Morgan fingerprint density at radius 3 is 3.00 bits per heavy atom. The molecule has 0 bridgehead atoms. The molecule has 0 saturated heterocycles. The van der Waals surface area contributed by atoms with Gasteiger partial charge in [-0.3, -0.25) is 4.79 Å². The van der Waals surface area contributed by atoms with E-state index in [2.05, 4.69) is 15.6 Å². The van der Waals surface area contributed by atoms with Gasteiger partial charge in [-0.1, -0.05) is 0 Å². The van der Waals surface area contributed by atoms with Crippen molar-refractivity contribution in [2.24, 2.45) is 0 Å². The molecule has 7 nitrogen and oxygen atoms in total. The van der Waals surface area contributed by atoms with Crippen molar-refractivity contribution >= 4 is 17.4 Å². The van der Waals surface area contributed by atoms with E-state index in [1.807, 2.05) is 6.92 Å². The molecule has 1 aromatic heterocycles. The standard InChI is InChI=1S/C10H14N4O3/c1-2-11-9(15)5-7-12-8-4-3-6-13-10(8)14(16)17/h3-4,6,12H,2,5,7H2,1H3,(H,11,15). The highest BCUT2D eigenvalue weighted by atomic mass is 16.6. The lowest BCUT2D eigenvalue weighted by Gasteiger charge is -2.06. The van der Waals surface area contributed by atoms with Gasteiger partial charge in [-0.25, -0.2) is 0 Å². The Bertz CT molecular complexity index is 408. The lowest BCUT2D eigenvalue weighted by Crippen LogP contribution is -2.24. The molecule has 1 aromatic rings. The van der Waals surface area contributed by atoms with E-state index in [-0.39, 0.29) is 18.1 Å². The van der Waals surface area contributed by atoms with Crippen molar-refractivity contribution in [2.75, 3.05) is 18.4 Å². The number of carbonyl (C=O) groups excluding carboxylic acids is 1. The summed E-state index contributed by atoms with van der Waals surface area (Å²) in [6.07, 6.45) is 1.62. The highest BCUT2D eigenvalue weighted by Gasteiger charge is 2.13. The van der Waals surface area contributed by atoms with Crippen LogP contribution < -0.4 is 10.6 Å². The second-order valence-electron chi connectivity index (χ2n) is 3.26. The molecule has 1 heterocycles. The van der Waals surface area contributed by atoms with Gasteiger partial charge in [0.05, 0.1) is 0 Å². The van der Waals surface area contributed by atoms with Crippen molar-refractivity contribution in [3.05, 3.63) is 28.4 Å². The van der Waals surface area contributed by atoms with Crippen LogP contribution in [0.15, 0.2) is 18.3 Å². The minimum Gasteiger partial charge on any atom is -0.378 e. The number of rotatable bonds is 6. The van der Waals surface area contributed by atoms with E-state index in [1.165, 1.54) is 6.20 Å². The van der Waals surface area contributed by atoms with Crippen LogP contribution in [0.1, 0.15) is 13.3 Å². The van der Waals surface area contributed by atoms with Gasteiger partial charge in [-0.15, -0.1) is 0 Å². The molecule has 0 unspecified atom stereocenters. The van der Waals surface area contributed by atoms with Crippen molar-refractivity contribution in [1.29, 1.82) is 0 Å². The first kappa shape index (κ1) is 12.9. The number of aromatic nitrogens is 1. The number of nitrogens with zero attached hydrogens (tertiary/aromatic N) is 2. The molecule has 1 amide bonds. The Balaban J connectivity index is 2.52. The molecular weight excluding hydrogens is 224 g/mol. The minimum atomic E-state index is -0.561. The molecule has 0 aliphatic carbocycles. The zero-order chi connectivity index (χ0) is 12.7. The van der Waals surface area contributed by atoms with E-state index >= 15 is 0 Å². The molecule has 0 saturated carbocycles. The maximum Gasteiger partial charge on any atom is 0.386 e. The first-order valence-corrected chi connectivity index (χ1v) is 5.25. The average molecular weight is 238 g/mol. The highest BCUT2D eigenvalue weighted by molar-refractivity contribution is 5.76. The molecule has 17 heavy (non-hydrogen) atoms. The summed E-state index contributed by atoms with van der Waals surface area (Å²) < 4.78 is 0. The largest absolute Gasteiger partial charge is 0.386 e. The Morgan fingerprint density at radius 2 is 2.35 bits per heavy atom. The number of nitro groups is 1. The summed E-state index contributed by atoms with van der Waals surface area (Å²) in [5, 5.41) is 16.1. The van der Waals surface area contributed by atoms with E-state index in [0.717, 1.165) is 0 Å². The van der Waals surface area contributed by atoms with Crippen molar-refractivity contribution < 1.29 is 9.72 Å². The molecule has 7 heteroatoms.